The first-order valence-electron chi connectivity index (χ1n) is 3.80. The minimum absolute atomic E-state index is 0.0984. The molecule has 0 aliphatic heterocycles. The summed E-state index contributed by atoms with van der Waals surface area (Å²) in [5.41, 5.74) is 5.57. The summed E-state index contributed by atoms with van der Waals surface area (Å²) in [4.78, 5) is 10.5. The summed E-state index contributed by atoms with van der Waals surface area (Å²) >= 11 is 0. The molecule has 5 heteroatoms. The van der Waals surface area contributed by atoms with Crippen molar-refractivity contribution in [2.45, 2.75) is 0 Å². The largest absolute Gasteiger partial charge is 0.475 e. The number of carbonyl (C=O) groups is 1. The molecule has 0 bridgehead atoms. The summed E-state index contributed by atoms with van der Waals surface area (Å²) in [7, 11) is 0. The third-order valence-electron chi connectivity index (χ3n) is 1.90. The monoisotopic (exact) mass is 195 g/mol. The van der Waals surface area contributed by atoms with Crippen molar-refractivity contribution < 1.29 is 18.7 Å². The van der Waals surface area contributed by atoms with Crippen LogP contribution < -0.4 is 5.73 Å². The highest BCUT2D eigenvalue weighted by Crippen LogP contribution is 2.26. The first-order valence-corrected chi connectivity index (χ1v) is 3.80. The Labute approximate surface area is 77.7 Å². The molecule has 14 heavy (non-hydrogen) atoms. The van der Waals surface area contributed by atoms with Crippen LogP contribution in [-0.4, -0.2) is 11.1 Å². The van der Waals surface area contributed by atoms with Crippen LogP contribution in [0.5, 0.6) is 0 Å². The Balaban J connectivity index is 2.77. The minimum atomic E-state index is -1.21. The van der Waals surface area contributed by atoms with Crippen molar-refractivity contribution in [3.05, 3.63) is 29.8 Å². The molecule has 0 saturated carbocycles. The Morgan fingerprint density at radius 1 is 1.50 bits per heavy atom. The molecule has 0 saturated heterocycles. The first kappa shape index (κ1) is 8.55. The molecule has 0 radical (unpaired) electrons. The van der Waals surface area contributed by atoms with Gasteiger partial charge in [0.15, 0.2) is 0 Å². The van der Waals surface area contributed by atoms with Gasteiger partial charge in [-0.15, -0.1) is 0 Å². The molecule has 4 nitrogen and oxygen atoms in total. The van der Waals surface area contributed by atoms with E-state index in [1.807, 2.05) is 0 Å². The van der Waals surface area contributed by atoms with Crippen molar-refractivity contribution in [3.63, 3.8) is 0 Å². The predicted octanol–water partition coefficient (Wildman–Crippen LogP) is 1.85. The highest BCUT2D eigenvalue weighted by molar-refractivity contribution is 5.96. The van der Waals surface area contributed by atoms with Crippen LogP contribution in [0.2, 0.25) is 0 Å². The van der Waals surface area contributed by atoms with Gasteiger partial charge in [0.1, 0.15) is 11.4 Å². The van der Waals surface area contributed by atoms with Gasteiger partial charge in [-0.1, -0.05) is 0 Å². The zero-order chi connectivity index (χ0) is 10.3. The second-order valence-electron chi connectivity index (χ2n) is 2.79. The molecule has 0 fully saturated rings. The van der Waals surface area contributed by atoms with E-state index < -0.39 is 11.8 Å². The summed E-state index contributed by atoms with van der Waals surface area (Å²) in [5.74, 6) is -2.05. The van der Waals surface area contributed by atoms with Gasteiger partial charge >= 0.3 is 5.97 Å². The lowest BCUT2D eigenvalue weighted by Crippen LogP contribution is -1.92. The molecule has 0 aliphatic carbocycles. The van der Waals surface area contributed by atoms with Crippen molar-refractivity contribution in [1.82, 2.24) is 0 Å². The molecule has 0 spiro atoms. The number of rotatable bonds is 1. The smallest absolute Gasteiger partial charge is 0.371 e. The molecule has 3 N–H and O–H groups in total. The summed E-state index contributed by atoms with van der Waals surface area (Å²) in [6.07, 6.45) is 0. The normalized spacial score (nSPS) is 10.6. The van der Waals surface area contributed by atoms with Crippen molar-refractivity contribution in [3.8, 4) is 0 Å². The Kier molecular flexibility index (Phi) is 1.67. The highest BCUT2D eigenvalue weighted by Gasteiger charge is 2.13. The Morgan fingerprint density at radius 3 is 2.86 bits per heavy atom. The summed E-state index contributed by atoms with van der Waals surface area (Å²) in [6, 6.07) is 3.68. The number of hydrogen-bond acceptors (Lipinski definition) is 3. The number of benzene rings is 1. The fourth-order valence-electron chi connectivity index (χ4n) is 1.21. The van der Waals surface area contributed by atoms with Crippen LogP contribution in [0.1, 0.15) is 10.6 Å². The van der Waals surface area contributed by atoms with Crippen LogP contribution in [-0.2, 0) is 0 Å². The third kappa shape index (κ3) is 1.10. The number of anilines is 1. The molecular weight excluding hydrogens is 189 g/mol. The summed E-state index contributed by atoms with van der Waals surface area (Å²) < 4.78 is 17.9. The number of fused-ring (bicyclic) bond motifs is 1. The second-order valence-corrected chi connectivity index (χ2v) is 2.79. The number of furan rings is 1. The molecule has 1 heterocycles. The quantitative estimate of drug-likeness (QED) is 0.681. The van der Waals surface area contributed by atoms with E-state index in [2.05, 4.69) is 0 Å². The molecule has 0 aliphatic rings. The molecule has 72 valence electrons. The van der Waals surface area contributed by atoms with Crippen molar-refractivity contribution in [2.75, 3.05) is 5.73 Å². The fraction of sp³-hybridized carbons (Fsp3) is 0. The minimum Gasteiger partial charge on any atom is -0.475 e. The lowest BCUT2D eigenvalue weighted by Gasteiger charge is -1.94. The van der Waals surface area contributed by atoms with Crippen LogP contribution in [0.4, 0.5) is 10.1 Å². The number of halogens is 1. The van der Waals surface area contributed by atoms with Gasteiger partial charge in [-0.05, 0) is 12.1 Å². The highest BCUT2D eigenvalue weighted by atomic mass is 19.1. The molecule has 0 atom stereocenters. The third-order valence-corrected chi connectivity index (χ3v) is 1.90. The molecule has 0 amide bonds. The second kappa shape index (κ2) is 2.73. The zero-order valence-corrected chi connectivity index (χ0v) is 6.95. The number of carboxylic acids is 1. The van der Waals surface area contributed by atoms with Crippen LogP contribution in [0.3, 0.4) is 0 Å². The maximum atomic E-state index is 12.9. The molecule has 0 unspecified atom stereocenters. The number of nitrogens with two attached hydrogens (primary N) is 1. The van der Waals surface area contributed by atoms with Gasteiger partial charge in [0, 0.05) is 11.5 Å². The van der Waals surface area contributed by atoms with Crippen LogP contribution in [0.25, 0.3) is 11.0 Å². The van der Waals surface area contributed by atoms with E-state index in [9.17, 15) is 9.18 Å². The van der Waals surface area contributed by atoms with Crippen LogP contribution >= 0.6 is 0 Å². The van der Waals surface area contributed by atoms with Gasteiger partial charge in [-0.3, -0.25) is 0 Å². The fourth-order valence-corrected chi connectivity index (χ4v) is 1.21. The summed E-state index contributed by atoms with van der Waals surface area (Å²) in [5, 5.41) is 8.90. The van der Waals surface area contributed by atoms with Crippen molar-refractivity contribution in [1.29, 1.82) is 0 Å². The van der Waals surface area contributed by atoms with E-state index >= 15 is 0 Å². The molecule has 2 aromatic rings. The maximum Gasteiger partial charge on any atom is 0.371 e. The van der Waals surface area contributed by atoms with Crippen LogP contribution in [0.15, 0.2) is 22.6 Å². The molecule has 1 aromatic carbocycles. The van der Waals surface area contributed by atoms with Gasteiger partial charge in [0.25, 0.3) is 0 Å². The maximum absolute atomic E-state index is 12.9. The van der Waals surface area contributed by atoms with E-state index in [1.54, 1.807) is 0 Å². The van der Waals surface area contributed by atoms with E-state index in [-0.39, 0.29) is 22.4 Å². The number of carboxylic acid groups (broad SMARTS) is 1. The Hall–Kier alpha value is -2.04. The standard InChI is InChI=1S/C9H6FNO3/c10-5-1-2-6-4(8(5)11)3-7(14-6)9(12)13/h1-3H,11H2,(H,12,13). The average molecular weight is 195 g/mol. The number of aromatic carboxylic acids is 1. The molecular formula is C9H6FNO3. The van der Waals surface area contributed by atoms with E-state index in [1.165, 1.54) is 12.1 Å². The van der Waals surface area contributed by atoms with Crippen molar-refractivity contribution in [2.24, 2.45) is 0 Å². The number of hydrogen-bond donors (Lipinski definition) is 2. The molecule has 2 rings (SSSR count). The van der Waals surface area contributed by atoms with Gasteiger partial charge < -0.3 is 15.3 Å². The van der Waals surface area contributed by atoms with Gasteiger partial charge in [0.05, 0.1) is 5.69 Å². The SMILES string of the molecule is Nc1c(F)ccc2oc(C(=O)O)cc12. The Morgan fingerprint density at radius 2 is 2.21 bits per heavy atom. The van der Waals surface area contributed by atoms with E-state index in [0.29, 0.717) is 0 Å². The van der Waals surface area contributed by atoms with E-state index in [4.69, 9.17) is 15.3 Å². The summed E-state index contributed by atoms with van der Waals surface area (Å²) in [6.45, 7) is 0. The van der Waals surface area contributed by atoms with Gasteiger partial charge in [0.2, 0.25) is 5.76 Å². The predicted molar refractivity (Wildman–Crippen MR) is 47.5 cm³/mol. The average Bonchev–Trinajstić information content (AvgIpc) is 2.56. The van der Waals surface area contributed by atoms with E-state index in [0.717, 1.165) is 6.07 Å². The topological polar surface area (TPSA) is 76.5 Å². The Bertz CT molecular complexity index is 518. The zero-order valence-electron chi connectivity index (χ0n) is 6.95. The van der Waals surface area contributed by atoms with Crippen molar-refractivity contribution >= 4 is 22.6 Å². The lowest BCUT2D eigenvalue weighted by atomic mass is 10.2. The van der Waals surface area contributed by atoms with Gasteiger partial charge in [-0.2, -0.15) is 0 Å². The molecule has 1 aromatic heterocycles. The first-order chi connectivity index (χ1) is 6.59. The lowest BCUT2D eigenvalue weighted by molar-refractivity contribution is 0.0665. The van der Waals surface area contributed by atoms with Crippen LogP contribution in [0, 0.1) is 5.82 Å². The number of nitrogen functional groups attached to an aromatic ring is 1. The van der Waals surface area contributed by atoms with Gasteiger partial charge in [-0.25, -0.2) is 9.18 Å².